The maximum Gasteiger partial charge on any atom is 0.305 e. The molecule has 0 aliphatic heterocycles. The van der Waals surface area contributed by atoms with E-state index in [1.54, 1.807) is 12.5 Å². The van der Waals surface area contributed by atoms with Crippen LogP contribution in [0.4, 0.5) is 11.6 Å². The van der Waals surface area contributed by atoms with Crippen molar-refractivity contribution in [1.29, 1.82) is 0 Å². The fraction of sp³-hybridized carbons (Fsp3) is 0.222. The van der Waals surface area contributed by atoms with Gasteiger partial charge in [-0.2, -0.15) is 0 Å². The van der Waals surface area contributed by atoms with Crippen molar-refractivity contribution >= 4 is 11.6 Å². The number of nitrogens with zero attached hydrogens (tertiary/aromatic N) is 4. The monoisotopic (exact) mass is 234 g/mol. The quantitative estimate of drug-likeness (QED) is 0.583. The largest absolute Gasteiger partial charge is 0.354 e. The number of imidazole rings is 1. The normalized spacial score (nSPS) is 10.1. The second-order valence-electron chi connectivity index (χ2n) is 3.28. The lowest BCUT2D eigenvalue weighted by molar-refractivity contribution is -0.385. The first-order valence-corrected chi connectivity index (χ1v) is 4.93. The molecule has 8 heteroatoms. The molecule has 0 amide bonds. The van der Waals surface area contributed by atoms with Gasteiger partial charge in [-0.3, -0.25) is 10.1 Å². The molecule has 2 aromatic rings. The number of nitro groups is 1. The highest BCUT2D eigenvalue weighted by Gasteiger charge is 2.05. The Kier molecular flexibility index (Phi) is 3.24. The number of aromatic nitrogens is 4. The maximum absolute atomic E-state index is 10.4. The second-order valence-corrected chi connectivity index (χ2v) is 3.28. The van der Waals surface area contributed by atoms with Crippen molar-refractivity contribution in [3.63, 3.8) is 0 Å². The Morgan fingerprint density at radius 3 is 2.71 bits per heavy atom. The number of hydrogen-bond acceptors (Lipinski definition) is 6. The summed E-state index contributed by atoms with van der Waals surface area (Å²) in [4.78, 5) is 24.4. The van der Waals surface area contributed by atoms with Crippen LogP contribution in [0.2, 0.25) is 0 Å². The summed E-state index contributed by atoms with van der Waals surface area (Å²) in [6.07, 6.45) is 6.44. The third-order valence-electron chi connectivity index (χ3n) is 2.08. The minimum atomic E-state index is -0.533. The highest BCUT2D eigenvalue weighted by atomic mass is 16.6. The average molecular weight is 234 g/mol. The Balaban J connectivity index is 1.85. The molecule has 0 fully saturated rings. The number of aromatic amines is 1. The Morgan fingerprint density at radius 2 is 2.12 bits per heavy atom. The number of hydrogen-bond donors (Lipinski definition) is 2. The van der Waals surface area contributed by atoms with Gasteiger partial charge >= 0.3 is 5.69 Å². The molecular formula is C9H10N6O2. The van der Waals surface area contributed by atoms with Gasteiger partial charge in [0.1, 0.15) is 12.4 Å². The lowest BCUT2D eigenvalue weighted by atomic mass is 10.3. The molecule has 0 aliphatic rings. The Labute approximate surface area is 96.3 Å². The molecule has 0 bridgehead atoms. The van der Waals surface area contributed by atoms with Gasteiger partial charge in [-0.1, -0.05) is 0 Å². The molecule has 2 N–H and O–H groups in total. The van der Waals surface area contributed by atoms with E-state index in [0.29, 0.717) is 12.5 Å². The van der Waals surface area contributed by atoms with E-state index in [1.807, 2.05) is 0 Å². The molecule has 0 aromatic carbocycles. The molecule has 0 saturated carbocycles. The highest BCUT2D eigenvalue weighted by Crippen LogP contribution is 2.07. The van der Waals surface area contributed by atoms with E-state index >= 15 is 0 Å². The summed E-state index contributed by atoms with van der Waals surface area (Å²) in [6, 6.07) is 0. The summed E-state index contributed by atoms with van der Waals surface area (Å²) in [5.74, 6) is 0.370. The SMILES string of the molecule is O=[N+]([O-])c1cnc(NCCc2cnc[nH]2)nc1. The van der Waals surface area contributed by atoms with Gasteiger partial charge < -0.3 is 10.3 Å². The highest BCUT2D eigenvalue weighted by molar-refractivity contribution is 5.30. The minimum absolute atomic E-state index is 0.121. The van der Waals surface area contributed by atoms with E-state index in [9.17, 15) is 10.1 Å². The zero-order chi connectivity index (χ0) is 12.1. The lowest BCUT2D eigenvalue weighted by Crippen LogP contribution is -2.08. The van der Waals surface area contributed by atoms with Crippen LogP contribution in [0.1, 0.15) is 5.69 Å². The molecule has 0 aliphatic carbocycles. The average Bonchev–Trinajstić information content (AvgIpc) is 2.83. The van der Waals surface area contributed by atoms with E-state index < -0.39 is 4.92 Å². The molecule has 2 aromatic heterocycles. The molecule has 0 radical (unpaired) electrons. The number of nitrogens with one attached hydrogen (secondary N) is 2. The molecule has 0 saturated heterocycles. The van der Waals surface area contributed by atoms with Crippen LogP contribution in [0.5, 0.6) is 0 Å². The van der Waals surface area contributed by atoms with E-state index in [4.69, 9.17) is 0 Å². The van der Waals surface area contributed by atoms with Crippen LogP contribution in [0.25, 0.3) is 0 Å². The summed E-state index contributed by atoms with van der Waals surface area (Å²) in [5, 5.41) is 13.3. The van der Waals surface area contributed by atoms with E-state index in [0.717, 1.165) is 12.1 Å². The molecule has 0 unspecified atom stereocenters. The van der Waals surface area contributed by atoms with Crippen molar-refractivity contribution in [2.75, 3.05) is 11.9 Å². The smallest absolute Gasteiger partial charge is 0.305 e. The Morgan fingerprint density at radius 1 is 1.35 bits per heavy atom. The summed E-state index contributed by atoms with van der Waals surface area (Å²) < 4.78 is 0. The summed E-state index contributed by atoms with van der Waals surface area (Å²) >= 11 is 0. The van der Waals surface area contributed by atoms with Gasteiger partial charge in [-0.25, -0.2) is 15.0 Å². The third-order valence-corrected chi connectivity index (χ3v) is 2.08. The number of anilines is 1. The molecule has 0 spiro atoms. The summed E-state index contributed by atoms with van der Waals surface area (Å²) in [7, 11) is 0. The maximum atomic E-state index is 10.4. The first-order valence-electron chi connectivity index (χ1n) is 4.93. The van der Waals surface area contributed by atoms with Gasteiger partial charge in [-0.05, 0) is 0 Å². The van der Waals surface area contributed by atoms with Crippen molar-refractivity contribution in [3.05, 3.63) is 40.7 Å². The Hall–Kier alpha value is -2.51. The van der Waals surface area contributed by atoms with Crippen molar-refractivity contribution < 1.29 is 4.92 Å². The van der Waals surface area contributed by atoms with E-state index in [1.165, 1.54) is 12.4 Å². The van der Waals surface area contributed by atoms with Crippen LogP contribution in [-0.2, 0) is 6.42 Å². The van der Waals surface area contributed by atoms with Crippen molar-refractivity contribution in [2.24, 2.45) is 0 Å². The van der Waals surface area contributed by atoms with Crippen LogP contribution < -0.4 is 5.32 Å². The fourth-order valence-corrected chi connectivity index (χ4v) is 1.24. The van der Waals surface area contributed by atoms with Crippen molar-refractivity contribution in [2.45, 2.75) is 6.42 Å². The zero-order valence-electron chi connectivity index (χ0n) is 8.83. The van der Waals surface area contributed by atoms with Crippen molar-refractivity contribution in [1.82, 2.24) is 19.9 Å². The summed E-state index contributed by atoms with van der Waals surface area (Å²) in [6.45, 7) is 0.625. The lowest BCUT2D eigenvalue weighted by Gasteiger charge is -2.02. The van der Waals surface area contributed by atoms with E-state index in [2.05, 4.69) is 25.3 Å². The molecule has 2 rings (SSSR count). The van der Waals surface area contributed by atoms with Crippen LogP contribution >= 0.6 is 0 Å². The van der Waals surface area contributed by atoms with Gasteiger partial charge in [0.25, 0.3) is 0 Å². The molecular weight excluding hydrogens is 224 g/mol. The first-order chi connectivity index (χ1) is 8.25. The molecule has 0 atom stereocenters. The van der Waals surface area contributed by atoms with Crippen LogP contribution in [-0.4, -0.2) is 31.4 Å². The molecule has 8 nitrogen and oxygen atoms in total. The van der Waals surface area contributed by atoms with Crippen LogP contribution in [0.15, 0.2) is 24.9 Å². The Bertz CT molecular complexity index is 481. The minimum Gasteiger partial charge on any atom is -0.354 e. The number of H-pyrrole nitrogens is 1. The van der Waals surface area contributed by atoms with E-state index in [-0.39, 0.29) is 5.69 Å². The third kappa shape index (κ3) is 2.97. The predicted octanol–water partition coefficient (Wildman–Crippen LogP) is 0.762. The second kappa shape index (κ2) is 5.01. The standard InChI is InChI=1S/C9H10N6O2/c16-15(17)8-4-12-9(13-5-8)11-2-1-7-3-10-6-14-7/h3-6H,1-2H2,(H,10,14)(H,11,12,13). The van der Waals surface area contributed by atoms with Gasteiger partial charge in [0.2, 0.25) is 5.95 Å². The molecule has 2 heterocycles. The molecule has 17 heavy (non-hydrogen) atoms. The zero-order valence-corrected chi connectivity index (χ0v) is 8.83. The van der Waals surface area contributed by atoms with Crippen LogP contribution in [0.3, 0.4) is 0 Å². The van der Waals surface area contributed by atoms with Crippen molar-refractivity contribution in [3.8, 4) is 0 Å². The van der Waals surface area contributed by atoms with Gasteiger partial charge in [0.15, 0.2) is 0 Å². The van der Waals surface area contributed by atoms with Gasteiger partial charge in [0, 0.05) is 24.9 Å². The molecule has 88 valence electrons. The fourth-order valence-electron chi connectivity index (χ4n) is 1.24. The van der Waals surface area contributed by atoms with Gasteiger partial charge in [0.05, 0.1) is 11.3 Å². The topological polar surface area (TPSA) is 110 Å². The first kappa shape index (κ1) is 11.0. The predicted molar refractivity (Wildman–Crippen MR) is 59.5 cm³/mol. The van der Waals surface area contributed by atoms with Crippen LogP contribution in [0, 0.1) is 10.1 Å². The van der Waals surface area contributed by atoms with Gasteiger partial charge in [-0.15, -0.1) is 0 Å². The number of rotatable bonds is 5. The summed E-state index contributed by atoms with van der Waals surface area (Å²) in [5.41, 5.74) is 0.878.